The summed E-state index contributed by atoms with van der Waals surface area (Å²) in [5.41, 5.74) is 1.58. The van der Waals surface area contributed by atoms with Crippen LogP contribution in [0.5, 0.6) is 0 Å². The molecule has 0 aromatic heterocycles. The van der Waals surface area contributed by atoms with Gasteiger partial charge in [-0.05, 0) is 30.5 Å². The maximum absolute atomic E-state index is 11.9. The number of rotatable bonds is 3. The van der Waals surface area contributed by atoms with Crippen LogP contribution in [0.1, 0.15) is 41.6 Å². The lowest BCUT2D eigenvalue weighted by Gasteiger charge is -2.20. The topological polar surface area (TPSA) is 46.6 Å². The van der Waals surface area contributed by atoms with E-state index in [0.29, 0.717) is 18.5 Å². The zero-order valence-electron chi connectivity index (χ0n) is 11.2. The average Bonchev–Trinajstić information content (AvgIpc) is 2.64. The highest BCUT2D eigenvalue weighted by Gasteiger charge is 2.16. The van der Waals surface area contributed by atoms with E-state index < -0.39 is 0 Å². The van der Waals surface area contributed by atoms with E-state index in [1.54, 1.807) is 12.1 Å². The zero-order chi connectivity index (χ0) is 13.7. The molecule has 1 aromatic rings. The lowest BCUT2D eigenvalue weighted by molar-refractivity contribution is -0.131. The lowest BCUT2D eigenvalue weighted by Crippen LogP contribution is -2.29. The fourth-order valence-corrected chi connectivity index (χ4v) is 2.29. The molecular weight excluding hydrogens is 242 g/mol. The molecule has 1 fully saturated rings. The Hall–Kier alpha value is -1.84. The van der Waals surface area contributed by atoms with E-state index in [4.69, 9.17) is 0 Å². The van der Waals surface area contributed by atoms with Crippen LogP contribution in [0.2, 0.25) is 0 Å². The van der Waals surface area contributed by atoms with Gasteiger partial charge in [-0.15, -0.1) is 0 Å². The van der Waals surface area contributed by atoms with Crippen molar-refractivity contribution in [3.63, 3.8) is 0 Å². The van der Waals surface area contributed by atoms with Crippen LogP contribution in [0.4, 0.5) is 0 Å². The van der Waals surface area contributed by atoms with Gasteiger partial charge in [0, 0.05) is 19.5 Å². The number of amides is 1. The number of ether oxygens (including phenoxy) is 1. The molecule has 4 nitrogen and oxygen atoms in total. The number of benzene rings is 1. The molecule has 0 atom stereocenters. The first kappa shape index (κ1) is 13.6. The zero-order valence-corrected chi connectivity index (χ0v) is 11.2. The van der Waals surface area contributed by atoms with Crippen molar-refractivity contribution >= 4 is 11.9 Å². The number of methoxy groups -OCH3 is 1. The van der Waals surface area contributed by atoms with Gasteiger partial charge in [-0.2, -0.15) is 0 Å². The van der Waals surface area contributed by atoms with E-state index in [1.807, 2.05) is 17.0 Å². The largest absolute Gasteiger partial charge is 0.465 e. The first-order valence-electron chi connectivity index (χ1n) is 6.66. The number of carbonyl (C=O) groups is 2. The Labute approximate surface area is 113 Å². The molecule has 0 saturated carbocycles. The number of nitrogens with zero attached hydrogens (tertiary/aromatic N) is 1. The minimum Gasteiger partial charge on any atom is -0.465 e. The number of likely N-dealkylation sites (tertiary alicyclic amines) is 1. The minimum atomic E-state index is -0.336. The summed E-state index contributed by atoms with van der Waals surface area (Å²) in [4.78, 5) is 25.1. The lowest BCUT2D eigenvalue weighted by atomic mass is 10.1. The second kappa shape index (κ2) is 6.36. The van der Waals surface area contributed by atoms with E-state index in [1.165, 1.54) is 7.11 Å². The second-order valence-electron chi connectivity index (χ2n) is 4.81. The molecule has 0 radical (unpaired) electrons. The van der Waals surface area contributed by atoms with Gasteiger partial charge in [0.1, 0.15) is 0 Å². The van der Waals surface area contributed by atoms with Crippen molar-refractivity contribution in [2.45, 2.75) is 32.2 Å². The highest BCUT2D eigenvalue weighted by molar-refractivity contribution is 5.89. The Morgan fingerprint density at radius 3 is 2.63 bits per heavy atom. The summed E-state index contributed by atoms with van der Waals surface area (Å²) in [6.07, 6.45) is 3.85. The molecule has 1 aliphatic heterocycles. The van der Waals surface area contributed by atoms with Gasteiger partial charge in [-0.1, -0.05) is 18.6 Å². The van der Waals surface area contributed by atoms with Crippen molar-refractivity contribution in [3.05, 3.63) is 35.4 Å². The van der Waals surface area contributed by atoms with Crippen LogP contribution in [-0.4, -0.2) is 30.4 Å². The maximum Gasteiger partial charge on any atom is 0.337 e. The Kier molecular flexibility index (Phi) is 4.55. The summed E-state index contributed by atoms with van der Waals surface area (Å²) in [6.45, 7) is 1.46. The van der Waals surface area contributed by atoms with E-state index in [2.05, 4.69) is 4.74 Å². The third-order valence-corrected chi connectivity index (χ3v) is 3.42. The van der Waals surface area contributed by atoms with Crippen LogP contribution in [0.25, 0.3) is 0 Å². The third kappa shape index (κ3) is 3.56. The number of hydrogen-bond donors (Lipinski definition) is 0. The molecule has 1 heterocycles. The SMILES string of the molecule is COC(=O)c1ccc(CN2CCCCCC2=O)cc1. The van der Waals surface area contributed by atoms with Gasteiger partial charge < -0.3 is 9.64 Å². The Balaban J connectivity index is 2.02. The van der Waals surface area contributed by atoms with Gasteiger partial charge >= 0.3 is 5.97 Å². The quantitative estimate of drug-likeness (QED) is 0.785. The fourth-order valence-electron chi connectivity index (χ4n) is 2.29. The molecule has 0 aliphatic carbocycles. The molecule has 102 valence electrons. The Bertz CT molecular complexity index is 453. The highest BCUT2D eigenvalue weighted by atomic mass is 16.5. The molecule has 1 aliphatic rings. The highest BCUT2D eigenvalue weighted by Crippen LogP contribution is 2.15. The summed E-state index contributed by atoms with van der Waals surface area (Å²) in [7, 11) is 1.37. The van der Waals surface area contributed by atoms with Gasteiger partial charge in [0.25, 0.3) is 0 Å². The molecular formula is C15H19NO3. The second-order valence-corrected chi connectivity index (χ2v) is 4.81. The Morgan fingerprint density at radius 2 is 1.95 bits per heavy atom. The molecule has 19 heavy (non-hydrogen) atoms. The van der Waals surface area contributed by atoms with Crippen LogP contribution < -0.4 is 0 Å². The Morgan fingerprint density at radius 1 is 1.21 bits per heavy atom. The molecule has 0 bridgehead atoms. The van der Waals surface area contributed by atoms with E-state index in [-0.39, 0.29) is 11.9 Å². The van der Waals surface area contributed by atoms with Crippen LogP contribution >= 0.6 is 0 Å². The minimum absolute atomic E-state index is 0.231. The van der Waals surface area contributed by atoms with Gasteiger partial charge in [0.15, 0.2) is 0 Å². The van der Waals surface area contributed by atoms with Crippen LogP contribution in [0, 0.1) is 0 Å². The molecule has 1 aromatic carbocycles. The van der Waals surface area contributed by atoms with E-state index >= 15 is 0 Å². The predicted octanol–water partition coefficient (Wildman–Crippen LogP) is 2.38. The summed E-state index contributed by atoms with van der Waals surface area (Å²) in [5.74, 6) is -0.105. The van der Waals surface area contributed by atoms with Gasteiger partial charge in [0.2, 0.25) is 5.91 Å². The molecule has 1 saturated heterocycles. The van der Waals surface area contributed by atoms with E-state index in [9.17, 15) is 9.59 Å². The van der Waals surface area contributed by atoms with Gasteiger partial charge in [-0.3, -0.25) is 4.79 Å². The third-order valence-electron chi connectivity index (χ3n) is 3.42. The predicted molar refractivity (Wildman–Crippen MR) is 71.7 cm³/mol. The molecule has 0 N–H and O–H groups in total. The van der Waals surface area contributed by atoms with Crippen LogP contribution in [0.15, 0.2) is 24.3 Å². The smallest absolute Gasteiger partial charge is 0.337 e. The summed E-state index contributed by atoms with van der Waals surface area (Å²) in [6, 6.07) is 7.24. The molecule has 0 unspecified atom stereocenters. The van der Waals surface area contributed by atoms with Crippen molar-refractivity contribution < 1.29 is 14.3 Å². The summed E-state index contributed by atoms with van der Waals surface area (Å²) < 4.78 is 4.66. The maximum atomic E-state index is 11.9. The van der Waals surface area contributed by atoms with Crippen molar-refractivity contribution in [1.29, 1.82) is 0 Å². The summed E-state index contributed by atoms with van der Waals surface area (Å²) >= 11 is 0. The number of hydrogen-bond acceptors (Lipinski definition) is 3. The van der Waals surface area contributed by atoms with Crippen molar-refractivity contribution in [1.82, 2.24) is 4.90 Å². The van der Waals surface area contributed by atoms with Crippen LogP contribution in [-0.2, 0) is 16.1 Å². The molecule has 2 rings (SSSR count). The first-order valence-corrected chi connectivity index (χ1v) is 6.66. The standard InChI is InChI=1S/C15H19NO3/c1-19-15(18)13-8-6-12(7-9-13)11-16-10-4-2-3-5-14(16)17/h6-9H,2-5,10-11H2,1H3. The molecule has 0 spiro atoms. The van der Waals surface area contributed by atoms with Crippen molar-refractivity contribution in [2.75, 3.05) is 13.7 Å². The monoisotopic (exact) mass is 261 g/mol. The normalized spacial score (nSPS) is 16.1. The average molecular weight is 261 g/mol. The van der Waals surface area contributed by atoms with Crippen LogP contribution in [0.3, 0.4) is 0 Å². The van der Waals surface area contributed by atoms with Gasteiger partial charge in [-0.25, -0.2) is 4.79 Å². The van der Waals surface area contributed by atoms with Crippen molar-refractivity contribution in [3.8, 4) is 0 Å². The van der Waals surface area contributed by atoms with E-state index in [0.717, 1.165) is 31.4 Å². The van der Waals surface area contributed by atoms with Crippen molar-refractivity contribution in [2.24, 2.45) is 0 Å². The summed E-state index contributed by atoms with van der Waals surface area (Å²) in [5, 5.41) is 0. The molecule has 4 heteroatoms. The first-order chi connectivity index (χ1) is 9.20. The number of carbonyl (C=O) groups excluding carboxylic acids is 2. The fraction of sp³-hybridized carbons (Fsp3) is 0.467. The van der Waals surface area contributed by atoms with Gasteiger partial charge in [0.05, 0.1) is 12.7 Å². The number of esters is 1. The molecule has 1 amide bonds.